The maximum Gasteiger partial charge on any atom is 0.254 e. The van der Waals surface area contributed by atoms with Crippen LogP contribution in [0.25, 0.3) is 0 Å². The predicted octanol–water partition coefficient (Wildman–Crippen LogP) is 3.12. The summed E-state index contributed by atoms with van der Waals surface area (Å²) in [6, 6.07) is 4.07. The third-order valence-corrected chi connectivity index (χ3v) is 4.18. The quantitative estimate of drug-likeness (QED) is 0.898. The minimum Gasteiger partial charge on any atom is -0.373 e. The number of rotatable bonds is 5. The lowest BCUT2D eigenvalue weighted by Crippen LogP contribution is -2.36. The van der Waals surface area contributed by atoms with E-state index in [2.05, 4.69) is 31.1 Å². The van der Waals surface area contributed by atoms with Gasteiger partial charge in [-0.1, -0.05) is 13.8 Å². The SMILES string of the molecule is CNc1cc(C(=O)N(C)C(C)C2CC2)cc(C(C)C)n1. The third kappa shape index (κ3) is 3.11. The Kier molecular flexibility index (Phi) is 4.31. The molecule has 1 aromatic rings. The second-order valence-corrected chi connectivity index (χ2v) is 6.06. The van der Waals surface area contributed by atoms with E-state index in [9.17, 15) is 4.79 Å². The largest absolute Gasteiger partial charge is 0.373 e. The molecule has 4 heteroatoms. The Morgan fingerprint density at radius 2 is 2.00 bits per heavy atom. The topological polar surface area (TPSA) is 45.2 Å². The summed E-state index contributed by atoms with van der Waals surface area (Å²) in [5.74, 6) is 1.83. The van der Waals surface area contributed by atoms with Gasteiger partial charge in [-0.2, -0.15) is 0 Å². The zero-order valence-corrected chi connectivity index (χ0v) is 13.1. The van der Waals surface area contributed by atoms with Crippen LogP contribution in [0, 0.1) is 5.92 Å². The smallest absolute Gasteiger partial charge is 0.254 e. The van der Waals surface area contributed by atoms with Crippen LogP contribution in [0.2, 0.25) is 0 Å². The molecule has 1 heterocycles. The van der Waals surface area contributed by atoms with Gasteiger partial charge in [-0.05, 0) is 43.7 Å². The summed E-state index contributed by atoms with van der Waals surface area (Å²) in [5.41, 5.74) is 1.68. The molecule has 1 N–H and O–H groups in total. The lowest BCUT2D eigenvalue weighted by atomic mass is 10.1. The molecule has 0 radical (unpaired) electrons. The number of nitrogens with one attached hydrogen (secondary N) is 1. The van der Waals surface area contributed by atoms with Gasteiger partial charge in [0.2, 0.25) is 0 Å². The first-order chi connectivity index (χ1) is 9.43. The minimum absolute atomic E-state index is 0.0881. The summed E-state index contributed by atoms with van der Waals surface area (Å²) in [4.78, 5) is 19.0. The molecular weight excluding hydrogens is 250 g/mol. The number of carbonyl (C=O) groups is 1. The summed E-state index contributed by atoms with van der Waals surface area (Å²) in [6.45, 7) is 6.32. The maximum absolute atomic E-state index is 12.6. The highest BCUT2D eigenvalue weighted by atomic mass is 16.2. The van der Waals surface area contributed by atoms with Crippen LogP contribution in [0.5, 0.6) is 0 Å². The highest BCUT2D eigenvalue weighted by molar-refractivity contribution is 5.95. The maximum atomic E-state index is 12.6. The van der Waals surface area contributed by atoms with Crippen molar-refractivity contribution < 1.29 is 4.79 Å². The highest BCUT2D eigenvalue weighted by Gasteiger charge is 2.32. The fourth-order valence-electron chi connectivity index (χ4n) is 2.38. The van der Waals surface area contributed by atoms with Gasteiger partial charge in [0.25, 0.3) is 5.91 Å². The van der Waals surface area contributed by atoms with Crippen LogP contribution in [0.3, 0.4) is 0 Å². The van der Waals surface area contributed by atoms with E-state index in [1.807, 2.05) is 31.1 Å². The average Bonchev–Trinajstić information content (AvgIpc) is 3.28. The Morgan fingerprint density at radius 3 is 2.50 bits per heavy atom. The monoisotopic (exact) mass is 275 g/mol. The van der Waals surface area contributed by atoms with Gasteiger partial charge in [-0.3, -0.25) is 4.79 Å². The first-order valence-corrected chi connectivity index (χ1v) is 7.41. The molecule has 0 aromatic carbocycles. The fraction of sp³-hybridized carbons (Fsp3) is 0.625. The lowest BCUT2D eigenvalue weighted by Gasteiger charge is -2.25. The molecule has 2 rings (SSSR count). The van der Waals surface area contributed by atoms with Crippen LogP contribution >= 0.6 is 0 Å². The van der Waals surface area contributed by atoms with Crippen molar-refractivity contribution in [1.82, 2.24) is 9.88 Å². The van der Waals surface area contributed by atoms with Gasteiger partial charge in [0.05, 0.1) is 0 Å². The molecule has 1 aliphatic rings. The van der Waals surface area contributed by atoms with Gasteiger partial charge in [-0.15, -0.1) is 0 Å². The van der Waals surface area contributed by atoms with Crippen LogP contribution in [-0.4, -0.2) is 35.9 Å². The number of amides is 1. The predicted molar refractivity (Wildman–Crippen MR) is 82.2 cm³/mol. The van der Waals surface area contributed by atoms with Crippen LogP contribution in [0.1, 0.15) is 55.6 Å². The second-order valence-electron chi connectivity index (χ2n) is 6.06. The summed E-state index contributed by atoms with van der Waals surface area (Å²) >= 11 is 0. The van der Waals surface area contributed by atoms with E-state index >= 15 is 0 Å². The van der Waals surface area contributed by atoms with Crippen LogP contribution in [0.4, 0.5) is 5.82 Å². The summed E-state index contributed by atoms with van der Waals surface area (Å²) in [5, 5.41) is 3.04. The molecule has 1 amide bonds. The number of aromatic nitrogens is 1. The molecule has 110 valence electrons. The van der Waals surface area contributed by atoms with Gasteiger partial charge in [0, 0.05) is 31.4 Å². The third-order valence-electron chi connectivity index (χ3n) is 4.18. The molecule has 1 unspecified atom stereocenters. The van der Waals surface area contributed by atoms with Crippen molar-refractivity contribution in [2.75, 3.05) is 19.4 Å². The molecule has 0 bridgehead atoms. The first-order valence-electron chi connectivity index (χ1n) is 7.41. The van der Waals surface area contributed by atoms with Crippen molar-refractivity contribution in [3.63, 3.8) is 0 Å². The summed E-state index contributed by atoms with van der Waals surface area (Å²) < 4.78 is 0. The molecule has 0 spiro atoms. The first kappa shape index (κ1) is 14.8. The normalized spacial score (nSPS) is 16.1. The van der Waals surface area contributed by atoms with E-state index in [1.165, 1.54) is 12.8 Å². The molecule has 0 saturated heterocycles. The van der Waals surface area contributed by atoms with Crippen LogP contribution in [0.15, 0.2) is 12.1 Å². The van der Waals surface area contributed by atoms with Crippen molar-refractivity contribution in [3.8, 4) is 0 Å². The molecule has 4 nitrogen and oxygen atoms in total. The highest BCUT2D eigenvalue weighted by Crippen LogP contribution is 2.35. The second kappa shape index (κ2) is 5.81. The van der Waals surface area contributed by atoms with Crippen molar-refractivity contribution in [1.29, 1.82) is 0 Å². The standard InChI is InChI=1S/C16H25N3O/c1-10(2)14-8-13(9-15(17-4)18-14)16(20)19(5)11(3)12-6-7-12/h8-12H,6-7H2,1-5H3,(H,17,18). The van der Waals surface area contributed by atoms with E-state index in [4.69, 9.17) is 0 Å². The van der Waals surface area contributed by atoms with Crippen LogP contribution in [-0.2, 0) is 0 Å². The molecule has 1 fully saturated rings. The Morgan fingerprint density at radius 1 is 1.35 bits per heavy atom. The van der Waals surface area contributed by atoms with Gasteiger partial charge < -0.3 is 10.2 Å². The fourth-order valence-corrected chi connectivity index (χ4v) is 2.38. The molecule has 1 aromatic heterocycles. The van der Waals surface area contributed by atoms with Crippen molar-refractivity contribution in [2.24, 2.45) is 5.92 Å². The number of anilines is 1. The number of carbonyl (C=O) groups excluding carboxylic acids is 1. The van der Waals surface area contributed by atoms with Gasteiger partial charge in [0.1, 0.15) is 5.82 Å². The van der Waals surface area contributed by atoms with E-state index < -0.39 is 0 Å². The Bertz CT molecular complexity index is 494. The lowest BCUT2D eigenvalue weighted by molar-refractivity contribution is 0.0727. The molecular formula is C16H25N3O. The Hall–Kier alpha value is -1.58. The molecule has 1 saturated carbocycles. The average molecular weight is 275 g/mol. The van der Waals surface area contributed by atoms with E-state index in [0.29, 0.717) is 17.9 Å². The zero-order chi connectivity index (χ0) is 14.9. The Balaban J connectivity index is 2.25. The summed E-state index contributed by atoms with van der Waals surface area (Å²) in [6.07, 6.45) is 2.49. The molecule has 1 aliphatic carbocycles. The van der Waals surface area contributed by atoms with Crippen LogP contribution < -0.4 is 5.32 Å². The Labute approximate surface area is 121 Å². The zero-order valence-electron chi connectivity index (χ0n) is 13.1. The molecule has 0 aliphatic heterocycles. The van der Waals surface area contributed by atoms with E-state index in [1.54, 1.807) is 0 Å². The number of hydrogen-bond acceptors (Lipinski definition) is 3. The van der Waals surface area contributed by atoms with Crippen molar-refractivity contribution in [2.45, 2.75) is 45.6 Å². The number of nitrogens with zero attached hydrogens (tertiary/aromatic N) is 2. The summed E-state index contributed by atoms with van der Waals surface area (Å²) in [7, 11) is 3.73. The molecule has 1 atom stereocenters. The van der Waals surface area contributed by atoms with Gasteiger partial charge in [0.15, 0.2) is 0 Å². The number of hydrogen-bond donors (Lipinski definition) is 1. The van der Waals surface area contributed by atoms with E-state index in [0.717, 1.165) is 17.1 Å². The van der Waals surface area contributed by atoms with E-state index in [-0.39, 0.29) is 5.91 Å². The van der Waals surface area contributed by atoms with Gasteiger partial charge >= 0.3 is 0 Å². The van der Waals surface area contributed by atoms with Crippen molar-refractivity contribution >= 4 is 11.7 Å². The minimum atomic E-state index is 0.0881. The number of pyridine rings is 1. The van der Waals surface area contributed by atoms with Crippen molar-refractivity contribution in [3.05, 3.63) is 23.4 Å². The molecule has 20 heavy (non-hydrogen) atoms. The van der Waals surface area contributed by atoms with Gasteiger partial charge in [-0.25, -0.2) is 4.98 Å².